The molecule has 1 atom stereocenters. The first kappa shape index (κ1) is 14.3. The van der Waals surface area contributed by atoms with E-state index in [1.54, 1.807) is 18.0 Å². The number of nitrogens with one attached hydrogen (secondary N) is 2. The maximum absolute atomic E-state index is 12.0. The van der Waals surface area contributed by atoms with Gasteiger partial charge in [0.2, 0.25) is 0 Å². The zero-order chi connectivity index (χ0) is 14.5. The van der Waals surface area contributed by atoms with Gasteiger partial charge in [0.25, 0.3) is 0 Å². The monoisotopic (exact) mass is 276 g/mol. The van der Waals surface area contributed by atoms with Gasteiger partial charge in [0.15, 0.2) is 0 Å². The van der Waals surface area contributed by atoms with Crippen LogP contribution in [-0.2, 0) is 11.3 Å². The minimum atomic E-state index is -0.117. The second-order valence-electron chi connectivity index (χ2n) is 4.98. The summed E-state index contributed by atoms with van der Waals surface area (Å²) in [6, 6.07) is 7.34. The maximum Gasteiger partial charge on any atom is 0.317 e. The fourth-order valence-electron chi connectivity index (χ4n) is 2.12. The summed E-state index contributed by atoms with van der Waals surface area (Å²) in [4.78, 5) is 13.6. The van der Waals surface area contributed by atoms with Crippen molar-refractivity contribution in [3.63, 3.8) is 0 Å². The second-order valence-corrected chi connectivity index (χ2v) is 4.98. The SMILES string of the molecule is CN(Cc1cccc(C(=N)N)c1)C(=O)NC1CCOC1. The normalized spacial score (nSPS) is 17.8. The molecule has 1 aliphatic rings. The zero-order valence-corrected chi connectivity index (χ0v) is 11.6. The number of nitrogens with two attached hydrogens (primary N) is 1. The number of amidine groups is 1. The number of ether oxygens (including phenoxy) is 1. The average molecular weight is 276 g/mol. The van der Waals surface area contributed by atoms with Gasteiger partial charge in [-0.3, -0.25) is 5.41 Å². The van der Waals surface area contributed by atoms with Crippen LogP contribution in [0.3, 0.4) is 0 Å². The van der Waals surface area contributed by atoms with E-state index in [9.17, 15) is 4.79 Å². The molecule has 0 radical (unpaired) electrons. The number of rotatable bonds is 4. The molecule has 0 saturated carbocycles. The van der Waals surface area contributed by atoms with Crippen molar-refractivity contribution < 1.29 is 9.53 Å². The van der Waals surface area contributed by atoms with Gasteiger partial charge in [-0.05, 0) is 18.1 Å². The van der Waals surface area contributed by atoms with Gasteiger partial charge in [-0.2, -0.15) is 0 Å². The van der Waals surface area contributed by atoms with Crippen LogP contribution < -0.4 is 11.1 Å². The lowest BCUT2D eigenvalue weighted by molar-refractivity contribution is 0.181. The number of carbonyl (C=O) groups is 1. The molecule has 2 rings (SSSR count). The van der Waals surface area contributed by atoms with E-state index in [1.165, 1.54) is 0 Å². The molecule has 0 aromatic heterocycles. The molecule has 0 bridgehead atoms. The number of hydrogen-bond donors (Lipinski definition) is 3. The van der Waals surface area contributed by atoms with E-state index in [1.807, 2.05) is 18.2 Å². The molecule has 4 N–H and O–H groups in total. The third kappa shape index (κ3) is 3.71. The van der Waals surface area contributed by atoms with Gasteiger partial charge in [0.1, 0.15) is 5.84 Å². The van der Waals surface area contributed by atoms with E-state index in [4.69, 9.17) is 15.9 Å². The smallest absolute Gasteiger partial charge is 0.317 e. The first-order valence-electron chi connectivity index (χ1n) is 6.59. The Kier molecular flexibility index (Phi) is 4.57. The quantitative estimate of drug-likeness (QED) is 0.563. The summed E-state index contributed by atoms with van der Waals surface area (Å²) in [6.45, 7) is 1.76. The lowest BCUT2D eigenvalue weighted by Crippen LogP contribution is -2.43. The molecule has 1 fully saturated rings. The average Bonchev–Trinajstić information content (AvgIpc) is 2.91. The summed E-state index contributed by atoms with van der Waals surface area (Å²) in [5, 5.41) is 10.4. The van der Waals surface area contributed by atoms with Crippen LogP contribution in [0.25, 0.3) is 0 Å². The predicted molar refractivity (Wildman–Crippen MR) is 76.7 cm³/mol. The summed E-state index contributed by atoms with van der Waals surface area (Å²) in [5.74, 6) is 0.0297. The Bertz CT molecular complexity index is 498. The van der Waals surface area contributed by atoms with Crippen molar-refractivity contribution >= 4 is 11.9 Å². The Hall–Kier alpha value is -2.08. The van der Waals surface area contributed by atoms with Crippen LogP contribution in [0.15, 0.2) is 24.3 Å². The Labute approximate surface area is 118 Å². The molecule has 6 heteroatoms. The summed E-state index contributed by atoms with van der Waals surface area (Å²) in [7, 11) is 1.74. The van der Waals surface area contributed by atoms with Gasteiger partial charge in [0.05, 0.1) is 12.6 Å². The standard InChI is InChI=1S/C14H20N4O2/c1-18(14(19)17-12-5-6-20-9-12)8-10-3-2-4-11(7-10)13(15)16/h2-4,7,12H,5-6,8-9H2,1H3,(H3,15,16)(H,17,19). The number of nitrogens with zero attached hydrogens (tertiary/aromatic N) is 1. The topological polar surface area (TPSA) is 91.4 Å². The minimum absolute atomic E-state index is 0.0297. The summed E-state index contributed by atoms with van der Waals surface area (Å²) >= 11 is 0. The molecule has 0 spiro atoms. The molecule has 1 unspecified atom stereocenters. The van der Waals surface area contributed by atoms with Gasteiger partial charge >= 0.3 is 6.03 Å². The third-order valence-electron chi connectivity index (χ3n) is 3.26. The van der Waals surface area contributed by atoms with Crippen LogP contribution in [-0.4, -0.2) is 43.1 Å². The van der Waals surface area contributed by atoms with E-state index < -0.39 is 0 Å². The predicted octanol–water partition coefficient (Wildman–Crippen LogP) is 0.901. The van der Waals surface area contributed by atoms with E-state index >= 15 is 0 Å². The Morgan fingerprint density at radius 1 is 1.60 bits per heavy atom. The summed E-state index contributed by atoms with van der Waals surface area (Å²) in [6.07, 6.45) is 0.861. The van der Waals surface area contributed by atoms with Crippen molar-refractivity contribution in [2.24, 2.45) is 5.73 Å². The first-order valence-corrected chi connectivity index (χ1v) is 6.59. The number of amides is 2. The third-order valence-corrected chi connectivity index (χ3v) is 3.26. The van der Waals surface area contributed by atoms with Gasteiger partial charge in [-0.1, -0.05) is 18.2 Å². The van der Waals surface area contributed by atoms with E-state index in [2.05, 4.69) is 5.32 Å². The highest BCUT2D eigenvalue weighted by Gasteiger charge is 2.19. The zero-order valence-electron chi connectivity index (χ0n) is 11.6. The van der Waals surface area contributed by atoms with Crippen LogP contribution in [0.5, 0.6) is 0 Å². The highest BCUT2D eigenvalue weighted by atomic mass is 16.5. The van der Waals surface area contributed by atoms with Gasteiger partial charge in [-0.15, -0.1) is 0 Å². The summed E-state index contributed by atoms with van der Waals surface area (Å²) < 4.78 is 5.23. The van der Waals surface area contributed by atoms with Crippen LogP contribution >= 0.6 is 0 Å². The largest absolute Gasteiger partial charge is 0.384 e. The molecular formula is C14H20N4O2. The van der Waals surface area contributed by atoms with Gasteiger partial charge in [0, 0.05) is 25.8 Å². The first-order chi connectivity index (χ1) is 9.56. The van der Waals surface area contributed by atoms with Crippen LogP contribution in [0.1, 0.15) is 17.5 Å². The molecule has 2 amide bonds. The van der Waals surface area contributed by atoms with Crippen molar-refractivity contribution in [3.05, 3.63) is 35.4 Å². The van der Waals surface area contributed by atoms with E-state index in [0.29, 0.717) is 25.3 Å². The number of urea groups is 1. The molecule has 1 saturated heterocycles. The highest BCUT2D eigenvalue weighted by molar-refractivity contribution is 5.95. The number of carbonyl (C=O) groups excluding carboxylic acids is 1. The Morgan fingerprint density at radius 3 is 3.05 bits per heavy atom. The molecular weight excluding hydrogens is 256 g/mol. The minimum Gasteiger partial charge on any atom is -0.384 e. The van der Waals surface area contributed by atoms with Crippen LogP contribution in [0.4, 0.5) is 4.79 Å². The van der Waals surface area contributed by atoms with Crippen molar-refractivity contribution in [2.75, 3.05) is 20.3 Å². The molecule has 1 heterocycles. The molecule has 108 valence electrons. The number of benzene rings is 1. The van der Waals surface area contributed by atoms with Crippen LogP contribution in [0, 0.1) is 5.41 Å². The summed E-state index contributed by atoms with van der Waals surface area (Å²) in [5.41, 5.74) is 7.07. The highest BCUT2D eigenvalue weighted by Crippen LogP contribution is 2.09. The number of hydrogen-bond acceptors (Lipinski definition) is 3. The Balaban J connectivity index is 1.92. The van der Waals surface area contributed by atoms with Gasteiger partial charge in [-0.25, -0.2) is 4.79 Å². The van der Waals surface area contributed by atoms with Crippen LogP contribution in [0.2, 0.25) is 0 Å². The number of nitrogen functional groups attached to an aromatic ring is 1. The van der Waals surface area contributed by atoms with Crippen molar-refractivity contribution in [3.8, 4) is 0 Å². The van der Waals surface area contributed by atoms with E-state index in [0.717, 1.165) is 12.0 Å². The lowest BCUT2D eigenvalue weighted by Gasteiger charge is -2.20. The van der Waals surface area contributed by atoms with Gasteiger partial charge < -0.3 is 20.7 Å². The fourth-order valence-corrected chi connectivity index (χ4v) is 2.12. The fraction of sp³-hybridized carbons (Fsp3) is 0.429. The molecule has 1 aromatic carbocycles. The molecule has 20 heavy (non-hydrogen) atoms. The molecule has 6 nitrogen and oxygen atoms in total. The van der Waals surface area contributed by atoms with Crippen molar-refractivity contribution in [1.82, 2.24) is 10.2 Å². The molecule has 1 aromatic rings. The molecule has 0 aliphatic carbocycles. The molecule has 1 aliphatic heterocycles. The van der Waals surface area contributed by atoms with Crippen molar-refractivity contribution in [2.45, 2.75) is 19.0 Å². The van der Waals surface area contributed by atoms with Crippen molar-refractivity contribution in [1.29, 1.82) is 5.41 Å². The maximum atomic E-state index is 12.0. The lowest BCUT2D eigenvalue weighted by atomic mass is 10.1. The Morgan fingerprint density at radius 2 is 2.40 bits per heavy atom. The van der Waals surface area contributed by atoms with E-state index in [-0.39, 0.29) is 17.9 Å². The second kappa shape index (κ2) is 6.38.